The molecule has 100 valence electrons. The van der Waals surface area contributed by atoms with E-state index in [9.17, 15) is 0 Å². The van der Waals surface area contributed by atoms with Gasteiger partial charge in [-0.1, -0.05) is 19.1 Å². The molecule has 0 aliphatic heterocycles. The summed E-state index contributed by atoms with van der Waals surface area (Å²) in [7, 11) is 0. The minimum Gasteiger partial charge on any atom is -0.491 e. The Balaban J connectivity index is 1.94. The topological polar surface area (TPSA) is 44.5 Å². The highest BCUT2D eigenvalue weighted by atomic mass is 16.5. The first-order valence-electron chi connectivity index (χ1n) is 6.91. The molecule has 1 unspecified atom stereocenters. The molecule has 1 aliphatic rings. The lowest BCUT2D eigenvalue weighted by Crippen LogP contribution is -2.18. The number of fused-ring (bicyclic) bond motifs is 1. The standard InChI is InChI=1S/C15H23NO2/c1-2-9-17-10-11-18-15-8-4-5-12-13(15)6-3-7-14(12)16/h4-5,8,14H,2-3,6-7,9-11,16H2,1H3. The van der Waals surface area contributed by atoms with Crippen LogP contribution in [0.25, 0.3) is 0 Å². The molecule has 0 heterocycles. The molecule has 0 amide bonds. The Morgan fingerprint density at radius 1 is 1.28 bits per heavy atom. The average Bonchev–Trinajstić information content (AvgIpc) is 2.39. The predicted molar refractivity (Wildman–Crippen MR) is 72.9 cm³/mol. The Morgan fingerprint density at radius 3 is 3.00 bits per heavy atom. The number of benzene rings is 1. The van der Waals surface area contributed by atoms with E-state index in [4.69, 9.17) is 15.2 Å². The molecule has 3 heteroatoms. The zero-order valence-electron chi connectivity index (χ0n) is 11.2. The van der Waals surface area contributed by atoms with Crippen molar-refractivity contribution in [1.82, 2.24) is 0 Å². The number of nitrogens with two attached hydrogens (primary N) is 1. The first-order chi connectivity index (χ1) is 8.83. The second-order valence-electron chi connectivity index (χ2n) is 4.78. The van der Waals surface area contributed by atoms with Gasteiger partial charge in [0.05, 0.1) is 6.61 Å². The smallest absolute Gasteiger partial charge is 0.122 e. The maximum Gasteiger partial charge on any atom is 0.122 e. The van der Waals surface area contributed by atoms with Crippen LogP contribution in [-0.4, -0.2) is 19.8 Å². The Labute approximate surface area is 109 Å². The Kier molecular flexibility index (Phi) is 5.02. The SMILES string of the molecule is CCCOCCOc1cccc2c1CCCC2N. The maximum absolute atomic E-state index is 6.13. The van der Waals surface area contributed by atoms with Crippen molar-refractivity contribution < 1.29 is 9.47 Å². The largest absolute Gasteiger partial charge is 0.491 e. The van der Waals surface area contributed by atoms with Crippen LogP contribution in [0.5, 0.6) is 5.75 Å². The summed E-state index contributed by atoms with van der Waals surface area (Å²) in [6, 6.07) is 6.37. The zero-order chi connectivity index (χ0) is 12.8. The van der Waals surface area contributed by atoms with E-state index >= 15 is 0 Å². The summed E-state index contributed by atoms with van der Waals surface area (Å²) in [6.07, 6.45) is 4.36. The third-order valence-corrected chi connectivity index (χ3v) is 3.34. The summed E-state index contributed by atoms with van der Waals surface area (Å²) >= 11 is 0. The van der Waals surface area contributed by atoms with Gasteiger partial charge in [0.1, 0.15) is 12.4 Å². The molecule has 0 saturated heterocycles. The van der Waals surface area contributed by atoms with Crippen LogP contribution in [0, 0.1) is 0 Å². The molecule has 2 N–H and O–H groups in total. The molecule has 0 spiro atoms. The van der Waals surface area contributed by atoms with Gasteiger partial charge in [-0.15, -0.1) is 0 Å². The Morgan fingerprint density at radius 2 is 2.17 bits per heavy atom. The zero-order valence-corrected chi connectivity index (χ0v) is 11.2. The summed E-state index contributed by atoms with van der Waals surface area (Å²) in [6.45, 7) is 4.19. The lowest BCUT2D eigenvalue weighted by Gasteiger charge is -2.24. The van der Waals surface area contributed by atoms with Crippen LogP contribution in [0.2, 0.25) is 0 Å². The van der Waals surface area contributed by atoms with Gasteiger partial charge in [-0.25, -0.2) is 0 Å². The van der Waals surface area contributed by atoms with E-state index in [1.165, 1.54) is 11.1 Å². The first-order valence-corrected chi connectivity index (χ1v) is 6.91. The minimum atomic E-state index is 0.175. The van der Waals surface area contributed by atoms with E-state index < -0.39 is 0 Å². The molecule has 0 bridgehead atoms. The molecule has 1 atom stereocenters. The van der Waals surface area contributed by atoms with Gasteiger partial charge >= 0.3 is 0 Å². The monoisotopic (exact) mass is 249 g/mol. The summed E-state index contributed by atoms with van der Waals surface area (Å²) < 4.78 is 11.2. The van der Waals surface area contributed by atoms with Crippen LogP contribution in [0.1, 0.15) is 43.4 Å². The van der Waals surface area contributed by atoms with Crippen LogP contribution < -0.4 is 10.5 Å². The lowest BCUT2D eigenvalue weighted by atomic mass is 9.88. The summed E-state index contributed by atoms with van der Waals surface area (Å²) in [5, 5.41) is 0. The third-order valence-electron chi connectivity index (χ3n) is 3.34. The van der Waals surface area contributed by atoms with Crippen LogP contribution in [0.4, 0.5) is 0 Å². The van der Waals surface area contributed by atoms with E-state index in [2.05, 4.69) is 13.0 Å². The van der Waals surface area contributed by atoms with Gasteiger partial charge in [0.25, 0.3) is 0 Å². The minimum absolute atomic E-state index is 0.175. The van der Waals surface area contributed by atoms with Crippen molar-refractivity contribution in [3.63, 3.8) is 0 Å². The van der Waals surface area contributed by atoms with Crippen molar-refractivity contribution in [2.75, 3.05) is 19.8 Å². The van der Waals surface area contributed by atoms with Gasteiger partial charge in [-0.2, -0.15) is 0 Å². The number of rotatable bonds is 6. The fraction of sp³-hybridized carbons (Fsp3) is 0.600. The van der Waals surface area contributed by atoms with Crippen molar-refractivity contribution in [3.05, 3.63) is 29.3 Å². The Bertz CT molecular complexity index is 379. The molecular weight excluding hydrogens is 226 g/mol. The van der Waals surface area contributed by atoms with Gasteiger partial charge in [0.2, 0.25) is 0 Å². The summed E-state index contributed by atoms with van der Waals surface area (Å²) in [5.74, 6) is 0.989. The van der Waals surface area contributed by atoms with Crippen molar-refractivity contribution in [3.8, 4) is 5.75 Å². The van der Waals surface area contributed by atoms with Crippen molar-refractivity contribution in [2.45, 2.75) is 38.6 Å². The van der Waals surface area contributed by atoms with Gasteiger partial charge in [-0.05, 0) is 42.9 Å². The van der Waals surface area contributed by atoms with Crippen molar-refractivity contribution in [2.24, 2.45) is 5.73 Å². The normalized spacial score (nSPS) is 18.4. The molecule has 3 nitrogen and oxygen atoms in total. The molecule has 2 rings (SSSR count). The molecule has 18 heavy (non-hydrogen) atoms. The van der Waals surface area contributed by atoms with Crippen LogP contribution in [0.3, 0.4) is 0 Å². The van der Waals surface area contributed by atoms with Crippen molar-refractivity contribution >= 4 is 0 Å². The quantitative estimate of drug-likeness (QED) is 0.788. The van der Waals surface area contributed by atoms with E-state index in [0.717, 1.165) is 38.0 Å². The molecule has 1 aromatic carbocycles. The molecule has 0 saturated carbocycles. The van der Waals surface area contributed by atoms with Gasteiger partial charge in [0, 0.05) is 12.6 Å². The van der Waals surface area contributed by atoms with Gasteiger partial charge < -0.3 is 15.2 Å². The van der Waals surface area contributed by atoms with Crippen molar-refractivity contribution in [1.29, 1.82) is 0 Å². The summed E-state index contributed by atoms with van der Waals surface area (Å²) in [5.41, 5.74) is 8.68. The highest BCUT2D eigenvalue weighted by Crippen LogP contribution is 2.33. The molecule has 1 aromatic rings. The fourth-order valence-electron chi connectivity index (χ4n) is 2.44. The van der Waals surface area contributed by atoms with Crippen LogP contribution in [-0.2, 0) is 11.2 Å². The van der Waals surface area contributed by atoms with E-state index in [1.54, 1.807) is 0 Å². The fourth-order valence-corrected chi connectivity index (χ4v) is 2.44. The number of hydrogen-bond donors (Lipinski definition) is 1. The second kappa shape index (κ2) is 6.76. The second-order valence-corrected chi connectivity index (χ2v) is 4.78. The number of hydrogen-bond acceptors (Lipinski definition) is 3. The number of ether oxygens (including phenoxy) is 2. The molecular formula is C15H23NO2. The Hall–Kier alpha value is -1.06. The molecule has 1 aliphatic carbocycles. The first kappa shape index (κ1) is 13.4. The third kappa shape index (κ3) is 3.24. The van der Waals surface area contributed by atoms with E-state index in [0.29, 0.717) is 13.2 Å². The predicted octanol–water partition coefficient (Wildman–Crippen LogP) is 2.83. The maximum atomic E-state index is 6.13. The highest BCUT2D eigenvalue weighted by molar-refractivity contribution is 5.43. The van der Waals surface area contributed by atoms with Crippen LogP contribution >= 0.6 is 0 Å². The average molecular weight is 249 g/mol. The lowest BCUT2D eigenvalue weighted by molar-refractivity contribution is 0.100. The van der Waals surface area contributed by atoms with Crippen LogP contribution in [0.15, 0.2) is 18.2 Å². The van der Waals surface area contributed by atoms with Gasteiger partial charge in [-0.3, -0.25) is 0 Å². The van der Waals surface area contributed by atoms with E-state index in [-0.39, 0.29) is 6.04 Å². The van der Waals surface area contributed by atoms with Gasteiger partial charge in [0.15, 0.2) is 0 Å². The van der Waals surface area contributed by atoms with E-state index in [1.807, 2.05) is 12.1 Å². The summed E-state index contributed by atoms with van der Waals surface area (Å²) in [4.78, 5) is 0. The molecule has 0 radical (unpaired) electrons. The molecule has 0 aromatic heterocycles. The molecule has 0 fully saturated rings. The highest BCUT2D eigenvalue weighted by Gasteiger charge is 2.19.